The smallest absolute Gasteiger partial charge is 0.238 e. The van der Waals surface area contributed by atoms with Crippen molar-refractivity contribution in [1.82, 2.24) is 4.90 Å². The second-order valence-electron chi connectivity index (χ2n) is 4.89. The van der Waals surface area contributed by atoms with Gasteiger partial charge in [-0.1, -0.05) is 0 Å². The number of sulfonamides is 1. The minimum atomic E-state index is -3.66. The first-order chi connectivity index (χ1) is 9.99. The molecule has 21 heavy (non-hydrogen) atoms. The summed E-state index contributed by atoms with van der Waals surface area (Å²) >= 11 is 0. The lowest BCUT2D eigenvalue weighted by Crippen LogP contribution is -2.46. The molecule has 0 aromatic heterocycles. The molecule has 1 aliphatic rings. The number of hydrogen-bond donors (Lipinski definition) is 2. The summed E-state index contributed by atoms with van der Waals surface area (Å²) in [4.78, 5) is 2.31. The monoisotopic (exact) mass is 315 g/mol. The fourth-order valence-corrected chi connectivity index (χ4v) is 2.66. The van der Waals surface area contributed by atoms with Crippen LogP contribution >= 0.6 is 0 Å². The standard InChI is InChI=1S/C13H21N3O4S/c14-9-12-10-16(6-8-20-12)5-7-19-11-1-3-13(4-2-11)21(15,17)18/h1-4,12H,5-10,14H2,(H2,15,17,18). The Kier molecular flexibility index (Phi) is 5.54. The Bertz CT molecular complexity index is 547. The third-order valence-corrected chi connectivity index (χ3v) is 4.24. The van der Waals surface area contributed by atoms with Crippen LogP contribution in [-0.4, -0.2) is 58.8 Å². The molecule has 0 saturated carbocycles. The predicted molar refractivity (Wildman–Crippen MR) is 78.5 cm³/mol. The van der Waals surface area contributed by atoms with Gasteiger partial charge in [0, 0.05) is 26.2 Å². The highest BCUT2D eigenvalue weighted by atomic mass is 32.2. The molecule has 1 saturated heterocycles. The quantitative estimate of drug-likeness (QED) is 0.724. The van der Waals surface area contributed by atoms with Crippen molar-refractivity contribution in [1.29, 1.82) is 0 Å². The van der Waals surface area contributed by atoms with Crippen LogP contribution in [0.3, 0.4) is 0 Å². The summed E-state index contributed by atoms with van der Waals surface area (Å²) in [7, 11) is -3.66. The minimum Gasteiger partial charge on any atom is -0.492 e. The molecule has 0 radical (unpaired) electrons. The van der Waals surface area contributed by atoms with Crippen LogP contribution < -0.4 is 15.6 Å². The highest BCUT2D eigenvalue weighted by molar-refractivity contribution is 7.89. The molecule has 1 fully saturated rings. The van der Waals surface area contributed by atoms with Crippen molar-refractivity contribution in [2.45, 2.75) is 11.0 Å². The summed E-state index contributed by atoms with van der Waals surface area (Å²) in [6.45, 7) is 4.18. The lowest BCUT2D eigenvalue weighted by atomic mass is 10.3. The number of morpholine rings is 1. The van der Waals surface area contributed by atoms with Crippen molar-refractivity contribution in [3.63, 3.8) is 0 Å². The van der Waals surface area contributed by atoms with Gasteiger partial charge in [-0.2, -0.15) is 0 Å². The van der Waals surface area contributed by atoms with Crippen LogP contribution in [0.15, 0.2) is 29.2 Å². The summed E-state index contributed by atoms with van der Waals surface area (Å²) in [5.74, 6) is 0.617. The summed E-state index contributed by atoms with van der Waals surface area (Å²) in [5.41, 5.74) is 5.59. The molecule has 8 heteroatoms. The Labute approximate surface area is 124 Å². The molecular weight excluding hydrogens is 294 g/mol. The van der Waals surface area contributed by atoms with Gasteiger partial charge in [-0.3, -0.25) is 4.90 Å². The topological polar surface area (TPSA) is 108 Å². The average Bonchev–Trinajstić information content (AvgIpc) is 2.47. The van der Waals surface area contributed by atoms with Crippen molar-refractivity contribution in [3.8, 4) is 5.75 Å². The van der Waals surface area contributed by atoms with Crippen LogP contribution in [0.4, 0.5) is 0 Å². The summed E-state index contributed by atoms with van der Waals surface area (Å²) in [6.07, 6.45) is 0.0906. The minimum absolute atomic E-state index is 0.0776. The molecule has 0 amide bonds. The summed E-state index contributed by atoms with van der Waals surface area (Å²) in [6, 6.07) is 6.07. The Morgan fingerprint density at radius 1 is 1.33 bits per heavy atom. The molecule has 0 bridgehead atoms. The zero-order valence-corrected chi connectivity index (χ0v) is 12.6. The zero-order chi connectivity index (χ0) is 15.3. The van der Waals surface area contributed by atoms with E-state index in [-0.39, 0.29) is 11.0 Å². The van der Waals surface area contributed by atoms with Gasteiger partial charge in [0.05, 0.1) is 17.6 Å². The van der Waals surface area contributed by atoms with Crippen molar-refractivity contribution >= 4 is 10.0 Å². The van der Waals surface area contributed by atoms with Crippen molar-refractivity contribution < 1.29 is 17.9 Å². The number of rotatable bonds is 6. The number of hydrogen-bond acceptors (Lipinski definition) is 6. The van der Waals surface area contributed by atoms with E-state index < -0.39 is 10.0 Å². The van der Waals surface area contributed by atoms with E-state index in [0.29, 0.717) is 25.5 Å². The van der Waals surface area contributed by atoms with Crippen LogP contribution in [0.25, 0.3) is 0 Å². The van der Waals surface area contributed by atoms with E-state index in [4.69, 9.17) is 20.3 Å². The zero-order valence-electron chi connectivity index (χ0n) is 11.8. The van der Waals surface area contributed by atoms with E-state index in [1.807, 2.05) is 0 Å². The van der Waals surface area contributed by atoms with Crippen molar-refractivity contribution in [2.24, 2.45) is 10.9 Å². The van der Waals surface area contributed by atoms with E-state index in [1.165, 1.54) is 12.1 Å². The molecule has 7 nitrogen and oxygen atoms in total. The summed E-state index contributed by atoms with van der Waals surface area (Å²) < 4.78 is 33.4. The molecule has 1 unspecified atom stereocenters. The van der Waals surface area contributed by atoms with Gasteiger partial charge in [0.2, 0.25) is 10.0 Å². The molecule has 1 aliphatic heterocycles. The normalized spacial score (nSPS) is 20.4. The third kappa shape index (κ3) is 4.94. The first-order valence-corrected chi connectivity index (χ1v) is 8.33. The van der Waals surface area contributed by atoms with E-state index in [1.54, 1.807) is 12.1 Å². The van der Waals surface area contributed by atoms with E-state index in [0.717, 1.165) is 19.6 Å². The Morgan fingerprint density at radius 3 is 2.67 bits per heavy atom. The highest BCUT2D eigenvalue weighted by Crippen LogP contribution is 2.15. The summed E-state index contributed by atoms with van der Waals surface area (Å²) in [5, 5.41) is 5.03. The maximum atomic E-state index is 11.1. The lowest BCUT2D eigenvalue weighted by molar-refractivity contribution is -0.0261. The molecule has 1 heterocycles. The number of nitrogens with two attached hydrogens (primary N) is 2. The maximum Gasteiger partial charge on any atom is 0.238 e. The molecule has 1 aromatic carbocycles. The van der Waals surface area contributed by atoms with Gasteiger partial charge < -0.3 is 15.2 Å². The maximum absolute atomic E-state index is 11.1. The SMILES string of the molecule is NCC1CN(CCOc2ccc(S(N)(=O)=O)cc2)CCO1. The second kappa shape index (κ2) is 7.19. The molecule has 1 aromatic rings. The van der Waals surface area contributed by atoms with Crippen LogP contribution in [0.1, 0.15) is 0 Å². The molecular formula is C13H21N3O4S. The Hall–Kier alpha value is -1.19. The van der Waals surface area contributed by atoms with Crippen LogP contribution in [-0.2, 0) is 14.8 Å². The van der Waals surface area contributed by atoms with Gasteiger partial charge in [-0.15, -0.1) is 0 Å². The van der Waals surface area contributed by atoms with Gasteiger partial charge >= 0.3 is 0 Å². The van der Waals surface area contributed by atoms with Crippen LogP contribution in [0.5, 0.6) is 5.75 Å². The first kappa shape index (κ1) is 16.2. The number of primary sulfonamides is 1. The van der Waals surface area contributed by atoms with Crippen LogP contribution in [0, 0.1) is 0 Å². The van der Waals surface area contributed by atoms with Gasteiger partial charge in [0.25, 0.3) is 0 Å². The van der Waals surface area contributed by atoms with E-state index >= 15 is 0 Å². The highest BCUT2D eigenvalue weighted by Gasteiger charge is 2.18. The predicted octanol–water partition coefficient (Wildman–Crippen LogP) is -0.628. The fourth-order valence-electron chi connectivity index (χ4n) is 2.14. The molecule has 1 atom stereocenters. The molecule has 118 valence electrons. The third-order valence-electron chi connectivity index (χ3n) is 3.31. The van der Waals surface area contributed by atoms with Crippen molar-refractivity contribution in [3.05, 3.63) is 24.3 Å². The molecule has 0 aliphatic carbocycles. The van der Waals surface area contributed by atoms with E-state index in [9.17, 15) is 8.42 Å². The van der Waals surface area contributed by atoms with Crippen LogP contribution in [0.2, 0.25) is 0 Å². The van der Waals surface area contributed by atoms with Crippen molar-refractivity contribution in [2.75, 3.05) is 39.4 Å². The van der Waals surface area contributed by atoms with Gasteiger partial charge in [-0.25, -0.2) is 13.6 Å². The Morgan fingerprint density at radius 2 is 2.05 bits per heavy atom. The molecule has 2 rings (SSSR count). The Balaban J connectivity index is 1.78. The average molecular weight is 315 g/mol. The number of ether oxygens (including phenoxy) is 2. The number of nitrogens with zero attached hydrogens (tertiary/aromatic N) is 1. The number of benzene rings is 1. The van der Waals surface area contributed by atoms with E-state index in [2.05, 4.69) is 4.90 Å². The van der Waals surface area contributed by atoms with Gasteiger partial charge in [0.1, 0.15) is 12.4 Å². The second-order valence-corrected chi connectivity index (χ2v) is 6.46. The molecule has 4 N–H and O–H groups in total. The lowest BCUT2D eigenvalue weighted by Gasteiger charge is -2.32. The van der Waals surface area contributed by atoms with Gasteiger partial charge in [-0.05, 0) is 24.3 Å². The fraction of sp³-hybridized carbons (Fsp3) is 0.538. The first-order valence-electron chi connectivity index (χ1n) is 6.79. The van der Waals surface area contributed by atoms with Gasteiger partial charge in [0.15, 0.2) is 0 Å². The largest absolute Gasteiger partial charge is 0.492 e. The molecule has 0 spiro atoms.